The highest BCUT2D eigenvalue weighted by atomic mass is 32.2. The largest absolute Gasteiger partial charge is 0.351 e. The van der Waals surface area contributed by atoms with Gasteiger partial charge in [0.25, 0.3) is 5.91 Å². The number of nitrogens with zero attached hydrogens (tertiary/aromatic N) is 1. The Labute approximate surface area is 178 Å². The molecule has 29 heavy (non-hydrogen) atoms. The standard InChI is InChI=1S/C25H28N2OS/c1-4-15-29-25-23(18(2)16-19(3)27-25)24(28)26-17-22(20-11-7-5-8-12-20)21-13-9-6-10-14-21/h5-14,16,22H,4,15,17H2,1-3H3,(H,26,28). The third-order valence-corrected chi connectivity index (χ3v) is 6.03. The van der Waals surface area contributed by atoms with Crippen molar-refractivity contribution in [1.29, 1.82) is 0 Å². The molecule has 0 saturated heterocycles. The number of amides is 1. The molecule has 3 nitrogen and oxygen atoms in total. The van der Waals surface area contributed by atoms with Gasteiger partial charge in [0.1, 0.15) is 5.03 Å². The molecule has 1 heterocycles. The zero-order valence-corrected chi connectivity index (χ0v) is 18.1. The molecule has 1 N–H and O–H groups in total. The molecule has 0 aliphatic heterocycles. The van der Waals surface area contributed by atoms with E-state index in [0.29, 0.717) is 12.1 Å². The minimum atomic E-state index is -0.0505. The Morgan fingerprint density at radius 1 is 1.00 bits per heavy atom. The summed E-state index contributed by atoms with van der Waals surface area (Å²) >= 11 is 1.66. The molecule has 3 rings (SSSR count). The van der Waals surface area contributed by atoms with E-state index in [1.165, 1.54) is 11.1 Å². The molecule has 3 aromatic rings. The maximum Gasteiger partial charge on any atom is 0.254 e. The molecule has 0 atom stereocenters. The molecular weight excluding hydrogens is 376 g/mol. The molecule has 1 aromatic heterocycles. The summed E-state index contributed by atoms with van der Waals surface area (Å²) in [7, 11) is 0. The van der Waals surface area contributed by atoms with Crippen molar-refractivity contribution in [3.05, 3.63) is 94.7 Å². The predicted molar refractivity (Wildman–Crippen MR) is 122 cm³/mol. The Morgan fingerprint density at radius 3 is 2.14 bits per heavy atom. The monoisotopic (exact) mass is 404 g/mol. The molecule has 2 aromatic carbocycles. The first-order valence-corrected chi connectivity index (χ1v) is 11.1. The Kier molecular flexibility index (Phi) is 7.48. The number of hydrogen-bond acceptors (Lipinski definition) is 3. The number of aromatic nitrogens is 1. The van der Waals surface area contributed by atoms with Crippen molar-refractivity contribution < 1.29 is 4.79 Å². The van der Waals surface area contributed by atoms with Crippen molar-refractivity contribution in [1.82, 2.24) is 10.3 Å². The molecule has 0 radical (unpaired) electrons. The van der Waals surface area contributed by atoms with Gasteiger partial charge in [0.15, 0.2) is 0 Å². The zero-order valence-electron chi connectivity index (χ0n) is 17.3. The second-order valence-corrected chi connectivity index (χ2v) is 8.28. The van der Waals surface area contributed by atoms with Crippen LogP contribution in [0.2, 0.25) is 0 Å². The third-order valence-electron chi connectivity index (χ3n) is 4.85. The van der Waals surface area contributed by atoms with E-state index in [-0.39, 0.29) is 11.8 Å². The van der Waals surface area contributed by atoms with Crippen LogP contribution < -0.4 is 5.32 Å². The van der Waals surface area contributed by atoms with Gasteiger partial charge < -0.3 is 5.32 Å². The number of benzene rings is 2. The maximum atomic E-state index is 13.2. The van der Waals surface area contributed by atoms with E-state index in [4.69, 9.17) is 0 Å². The minimum Gasteiger partial charge on any atom is -0.351 e. The van der Waals surface area contributed by atoms with Crippen LogP contribution in [-0.4, -0.2) is 23.2 Å². The van der Waals surface area contributed by atoms with Crippen molar-refractivity contribution in [2.24, 2.45) is 0 Å². The molecular formula is C25H28N2OS. The van der Waals surface area contributed by atoms with Gasteiger partial charge in [0.2, 0.25) is 0 Å². The first kappa shape index (κ1) is 21.1. The summed E-state index contributed by atoms with van der Waals surface area (Å²) in [5, 5.41) is 4.01. The topological polar surface area (TPSA) is 42.0 Å². The van der Waals surface area contributed by atoms with Gasteiger partial charge in [-0.25, -0.2) is 4.98 Å². The van der Waals surface area contributed by atoms with Crippen LogP contribution in [0.15, 0.2) is 71.8 Å². The van der Waals surface area contributed by atoms with E-state index in [2.05, 4.69) is 41.5 Å². The van der Waals surface area contributed by atoms with E-state index in [1.807, 2.05) is 56.3 Å². The van der Waals surface area contributed by atoms with Crippen LogP contribution in [0.25, 0.3) is 0 Å². The molecule has 0 spiro atoms. The lowest BCUT2D eigenvalue weighted by atomic mass is 9.91. The second-order valence-electron chi connectivity index (χ2n) is 7.19. The van der Waals surface area contributed by atoms with E-state index in [9.17, 15) is 4.79 Å². The van der Waals surface area contributed by atoms with E-state index in [0.717, 1.165) is 28.5 Å². The van der Waals surface area contributed by atoms with Crippen molar-refractivity contribution >= 4 is 17.7 Å². The van der Waals surface area contributed by atoms with Crippen LogP contribution >= 0.6 is 11.8 Å². The molecule has 150 valence electrons. The fourth-order valence-corrected chi connectivity index (χ4v) is 4.47. The highest BCUT2D eigenvalue weighted by Gasteiger charge is 2.20. The zero-order chi connectivity index (χ0) is 20.6. The molecule has 1 amide bonds. The fraction of sp³-hybridized carbons (Fsp3) is 0.280. The molecule has 0 aliphatic carbocycles. The maximum absolute atomic E-state index is 13.2. The minimum absolute atomic E-state index is 0.0505. The fourth-order valence-electron chi connectivity index (χ4n) is 3.46. The summed E-state index contributed by atoms with van der Waals surface area (Å²) in [5.74, 6) is 1.00. The van der Waals surface area contributed by atoms with Crippen molar-refractivity contribution in [2.45, 2.75) is 38.1 Å². The van der Waals surface area contributed by atoms with Gasteiger partial charge in [-0.15, -0.1) is 11.8 Å². The van der Waals surface area contributed by atoms with Crippen LogP contribution in [0.1, 0.15) is 52.0 Å². The number of carbonyl (C=O) groups is 1. The van der Waals surface area contributed by atoms with Gasteiger partial charge in [-0.3, -0.25) is 4.79 Å². The molecule has 0 saturated carbocycles. The van der Waals surface area contributed by atoms with E-state index in [1.54, 1.807) is 11.8 Å². The second kappa shape index (κ2) is 10.3. The van der Waals surface area contributed by atoms with Crippen LogP contribution in [-0.2, 0) is 0 Å². The highest BCUT2D eigenvalue weighted by Crippen LogP contribution is 2.26. The van der Waals surface area contributed by atoms with Crippen LogP contribution in [0.3, 0.4) is 0 Å². The Hall–Kier alpha value is -2.59. The van der Waals surface area contributed by atoms with Crippen LogP contribution in [0.5, 0.6) is 0 Å². The first-order chi connectivity index (χ1) is 14.1. The van der Waals surface area contributed by atoms with Gasteiger partial charge in [-0.1, -0.05) is 67.6 Å². The summed E-state index contributed by atoms with van der Waals surface area (Å²) in [5.41, 5.74) is 5.01. The van der Waals surface area contributed by atoms with E-state index >= 15 is 0 Å². The number of carbonyl (C=O) groups excluding carboxylic acids is 1. The number of nitrogens with one attached hydrogen (secondary N) is 1. The predicted octanol–water partition coefficient (Wildman–Crippen LogP) is 5.76. The average molecular weight is 405 g/mol. The summed E-state index contributed by atoms with van der Waals surface area (Å²) in [4.78, 5) is 17.8. The van der Waals surface area contributed by atoms with E-state index < -0.39 is 0 Å². The van der Waals surface area contributed by atoms with Gasteiger partial charge in [0.05, 0.1) is 5.56 Å². The lowest BCUT2D eigenvalue weighted by molar-refractivity contribution is 0.0948. The van der Waals surface area contributed by atoms with Crippen molar-refractivity contribution in [3.8, 4) is 0 Å². The quantitative estimate of drug-likeness (QED) is 0.485. The Morgan fingerprint density at radius 2 is 1.59 bits per heavy atom. The summed E-state index contributed by atoms with van der Waals surface area (Å²) < 4.78 is 0. The first-order valence-electron chi connectivity index (χ1n) is 10.1. The number of pyridine rings is 1. The molecule has 4 heteroatoms. The SMILES string of the molecule is CCCSc1nc(C)cc(C)c1C(=O)NCC(c1ccccc1)c1ccccc1. The Bertz CT molecular complexity index is 902. The number of rotatable bonds is 8. The smallest absolute Gasteiger partial charge is 0.254 e. The third kappa shape index (κ3) is 5.48. The van der Waals surface area contributed by atoms with Crippen LogP contribution in [0, 0.1) is 13.8 Å². The van der Waals surface area contributed by atoms with Crippen molar-refractivity contribution in [3.63, 3.8) is 0 Å². The molecule has 0 fully saturated rings. The number of thioether (sulfide) groups is 1. The number of hydrogen-bond donors (Lipinski definition) is 1. The van der Waals surface area contributed by atoms with Gasteiger partial charge >= 0.3 is 0 Å². The van der Waals surface area contributed by atoms with Crippen molar-refractivity contribution in [2.75, 3.05) is 12.3 Å². The normalized spacial score (nSPS) is 10.9. The van der Waals surface area contributed by atoms with Crippen LogP contribution in [0.4, 0.5) is 0 Å². The molecule has 0 aliphatic rings. The summed E-state index contributed by atoms with van der Waals surface area (Å²) in [6, 6.07) is 22.6. The molecule has 0 bridgehead atoms. The summed E-state index contributed by atoms with van der Waals surface area (Å²) in [6.07, 6.45) is 1.05. The summed E-state index contributed by atoms with van der Waals surface area (Å²) in [6.45, 7) is 6.65. The lowest BCUT2D eigenvalue weighted by Gasteiger charge is -2.20. The number of aryl methyl sites for hydroxylation is 2. The lowest BCUT2D eigenvalue weighted by Crippen LogP contribution is -2.30. The average Bonchev–Trinajstić information content (AvgIpc) is 2.73. The Balaban J connectivity index is 1.84. The molecule has 0 unspecified atom stereocenters. The van der Waals surface area contributed by atoms with Gasteiger partial charge in [-0.2, -0.15) is 0 Å². The van der Waals surface area contributed by atoms with Gasteiger partial charge in [0, 0.05) is 18.2 Å². The highest BCUT2D eigenvalue weighted by molar-refractivity contribution is 7.99. The van der Waals surface area contributed by atoms with Gasteiger partial charge in [-0.05, 0) is 48.8 Å².